The topological polar surface area (TPSA) is 0 Å². The van der Waals surface area contributed by atoms with Gasteiger partial charge in [0.1, 0.15) is 0 Å². The monoisotopic (exact) mass is 210 g/mol. The molecule has 2 atom stereocenters. The molecule has 1 rings (SSSR count). The second-order valence-electron chi connectivity index (χ2n) is 2.76. The van der Waals surface area contributed by atoms with Crippen molar-refractivity contribution in [3.63, 3.8) is 0 Å². The molecule has 0 saturated carbocycles. The van der Waals surface area contributed by atoms with Gasteiger partial charge in [0.25, 0.3) is 0 Å². The second kappa shape index (κ2) is 3.94. The molecule has 2 unspecified atom stereocenters. The van der Waals surface area contributed by atoms with Crippen molar-refractivity contribution in [2.45, 2.75) is 18.5 Å². The van der Waals surface area contributed by atoms with E-state index in [0.717, 1.165) is 12.1 Å². The summed E-state index contributed by atoms with van der Waals surface area (Å²) in [5, 5.41) is 0. The van der Waals surface area contributed by atoms with Crippen LogP contribution in [-0.2, 0) is 0 Å². The third-order valence-corrected chi connectivity index (χ3v) is 1.69. The Balaban J connectivity index is 2.81. The minimum atomic E-state index is -5.16. The highest BCUT2D eigenvalue weighted by Gasteiger charge is 2.46. The molecule has 0 aromatic heterocycles. The summed E-state index contributed by atoms with van der Waals surface area (Å²) in [5.41, 5.74) is -0.308. The fourth-order valence-corrected chi connectivity index (χ4v) is 0.972. The van der Waals surface area contributed by atoms with Gasteiger partial charge in [-0.15, -0.1) is 0 Å². The fraction of sp³-hybridized carbons (Fsp3) is 0.333. The van der Waals surface area contributed by atoms with Crippen LogP contribution in [0.3, 0.4) is 0 Å². The van der Waals surface area contributed by atoms with Crippen molar-refractivity contribution in [1.82, 2.24) is 0 Å². The molecule has 78 valence electrons. The first kappa shape index (κ1) is 10.9. The van der Waals surface area contributed by atoms with Crippen LogP contribution in [0, 0.1) is 0 Å². The van der Waals surface area contributed by atoms with E-state index in [4.69, 9.17) is 0 Å². The Bertz CT molecular complexity index is 279. The van der Waals surface area contributed by atoms with Crippen molar-refractivity contribution in [2.24, 2.45) is 0 Å². The molecular formula is C9H7F5. The summed E-state index contributed by atoms with van der Waals surface area (Å²) in [6.07, 6.45) is -11.3. The molecular weight excluding hydrogens is 203 g/mol. The van der Waals surface area contributed by atoms with E-state index in [1.165, 1.54) is 18.2 Å². The van der Waals surface area contributed by atoms with Gasteiger partial charge in [-0.1, -0.05) is 30.3 Å². The number of rotatable bonds is 2. The lowest BCUT2D eigenvalue weighted by atomic mass is 10.1. The minimum absolute atomic E-state index is 0.308. The van der Waals surface area contributed by atoms with Crippen LogP contribution in [0.15, 0.2) is 30.3 Å². The minimum Gasteiger partial charge on any atom is -0.239 e. The van der Waals surface area contributed by atoms with Crippen molar-refractivity contribution in [3.8, 4) is 0 Å². The van der Waals surface area contributed by atoms with E-state index in [2.05, 4.69) is 0 Å². The van der Waals surface area contributed by atoms with Crippen molar-refractivity contribution in [2.75, 3.05) is 0 Å². The van der Waals surface area contributed by atoms with Crippen LogP contribution >= 0.6 is 0 Å². The van der Waals surface area contributed by atoms with Gasteiger partial charge in [0, 0.05) is 0 Å². The molecule has 5 heteroatoms. The van der Waals surface area contributed by atoms with E-state index < -0.39 is 18.5 Å². The summed E-state index contributed by atoms with van der Waals surface area (Å²) in [5.74, 6) is 0. The Hall–Kier alpha value is -1.13. The van der Waals surface area contributed by atoms with Crippen LogP contribution in [0.2, 0.25) is 0 Å². The van der Waals surface area contributed by atoms with Gasteiger partial charge in [0.05, 0.1) is 0 Å². The van der Waals surface area contributed by atoms with Crippen molar-refractivity contribution < 1.29 is 22.0 Å². The first-order chi connectivity index (χ1) is 6.43. The zero-order valence-electron chi connectivity index (χ0n) is 6.93. The molecule has 0 spiro atoms. The first-order valence-corrected chi connectivity index (χ1v) is 3.82. The number of alkyl halides is 5. The number of halogens is 5. The molecule has 0 N–H and O–H groups in total. The summed E-state index contributed by atoms with van der Waals surface area (Å²) in [7, 11) is 0. The average Bonchev–Trinajstić information content (AvgIpc) is 2.15. The molecule has 0 heterocycles. The number of hydrogen-bond donors (Lipinski definition) is 0. The smallest absolute Gasteiger partial charge is 0.239 e. The zero-order chi connectivity index (χ0) is 10.8. The average molecular weight is 210 g/mol. The Morgan fingerprint density at radius 2 is 1.43 bits per heavy atom. The van der Waals surface area contributed by atoms with E-state index in [1.807, 2.05) is 0 Å². The van der Waals surface area contributed by atoms with Crippen molar-refractivity contribution >= 4 is 0 Å². The summed E-state index contributed by atoms with van der Waals surface area (Å²) in [6, 6.07) is 6.44. The summed E-state index contributed by atoms with van der Waals surface area (Å²) < 4.78 is 60.7. The molecule has 0 nitrogen and oxygen atoms in total. The Morgan fingerprint density at radius 3 is 1.86 bits per heavy atom. The molecule has 0 aliphatic heterocycles. The van der Waals surface area contributed by atoms with Gasteiger partial charge in [-0.2, -0.15) is 13.2 Å². The fourth-order valence-electron chi connectivity index (χ4n) is 0.972. The van der Waals surface area contributed by atoms with E-state index in [-0.39, 0.29) is 5.56 Å². The van der Waals surface area contributed by atoms with E-state index in [0.29, 0.717) is 0 Å². The quantitative estimate of drug-likeness (QED) is 0.654. The molecule has 0 aliphatic rings. The van der Waals surface area contributed by atoms with Gasteiger partial charge in [-0.3, -0.25) is 0 Å². The molecule has 0 amide bonds. The number of hydrogen-bond acceptors (Lipinski definition) is 0. The molecule has 0 aliphatic carbocycles. The highest BCUT2D eigenvalue weighted by atomic mass is 19.4. The van der Waals surface area contributed by atoms with Gasteiger partial charge in [0.2, 0.25) is 6.17 Å². The maximum Gasteiger partial charge on any atom is 0.422 e. The summed E-state index contributed by atoms with van der Waals surface area (Å²) in [6.45, 7) is 0. The van der Waals surface area contributed by atoms with E-state index >= 15 is 0 Å². The normalized spacial score (nSPS) is 16.4. The van der Waals surface area contributed by atoms with Crippen LogP contribution in [0.25, 0.3) is 0 Å². The lowest BCUT2D eigenvalue weighted by Crippen LogP contribution is -2.28. The van der Waals surface area contributed by atoms with Crippen LogP contribution in [0.1, 0.15) is 11.7 Å². The Labute approximate surface area is 77.4 Å². The lowest BCUT2D eigenvalue weighted by molar-refractivity contribution is -0.197. The zero-order valence-corrected chi connectivity index (χ0v) is 6.93. The molecule has 1 aromatic rings. The highest BCUT2D eigenvalue weighted by molar-refractivity contribution is 5.18. The standard InChI is InChI=1S/C9H7F5/c10-7(8(11)9(12,13)14)6-4-2-1-3-5-6/h1-5,7-8H. The maximum atomic E-state index is 12.9. The first-order valence-electron chi connectivity index (χ1n) is 3.82. The largest absolute Gasteiger partial charge is 0.422 e. The van der Waals surface area contributed by atoms with Gasteiger partial charge in [0.15, 0.2) is 6.17 Å². The number of benzene rings is 1. The van der Waals surface area contributed by atoms with Crippen LogP contribution in [0.4, 0.5) is 22.0 Å². The second-order valence-corrected chi connectivity index (χ2v) is 2.76. The van der Waals surface area contributed by atoms with Crippen LogP contribution in [-0.4, -0.2) is 12.3 Å². The van der Waals surface area contributed by atoms with Gasteiger partial charge in [-0.25, -0.2) is 8.78 Å². The molecule has 14 heavy (non-hydrogen) atoms. The molecule has 1 aromatic carbocycles. The summed E-state index contributed by atoms with van der Waals surface area (Å²) >= 11 is 0. The third-order valence-electron chi connectivity index (χ3n) is 1.69. The van der Waals surface area contributed by atoms with Gasteiger partial charge < -0.3 is 0 Å². The maximum absolute atomic E-state index is 12.9. The highest BCUT2D eigenvalue weighted by Crippen LogP contribution is 2.34. The van der Waals surface area contributed by atoms with Crippen molar-refractivity contribution in [3.05, 3.63) is 35.9 Å². The van der Waals surface area contributed by atoms with Crippen LogP contribution in [0.5, 0.6) is 0 Å². The van der Waals surface area contributed by atoms with E-state index in [1.54, 1.807) is 0 Å². The molecule has 0 fully saturated rings. The third kappa shape index (κ3) is 2.43. The predicted octanol–water partition coefficient (Wildman–Crippen LogP) is 3.60. The Kier molecular flexibility index (Phi) is 3.08. The van der Waals surface area contributed by atoms with Gasteiger partial charge in [-0.05, 0) is 5.56 Å². The van der Waals surface area contributed by atoms with Crippen molar-refractivity contribution in [1.29, 1.82) is 0 Å². The van der Waals surface area contributed by atoms with Crippen LogP contribution < -0.4 is 0 Å². The Morgan fingerprint density at radius 1 is 0.929 bits per heavy atom. The van der Waals surface area contributed by atoms with Gasteiger partial charge >= 0.3 is 6.18 Å². The van der Waals surface area contributed by atoms with E-state index in [9.17, 15) is 22.0 Å². The molecule has 0 radical (unpaired) electrons. The lowest BCUT2D eigenvalue weighted by Gasteiger charge is -2.16. The predicted molar refractivity (Wildman–Crippen MR) is 41.2 cm³/mol. The SMILES string of the molecule is FC(c1ccccc1)C(F)C(F)(F)F. The molecule has 0 bridgehead atoms. The molecule has 0 saturated heterocycles. The summed E-state index contributed by atoms with van der Waals surface area (Å²) in [4.78, 5) is 0.